The number of aryl methyl sites for hydroxylation is 1. The lowest BCUT2D eigenvalue weighted by Crippen LogP contribution is -2.08. The van der Waals surface area contributed by atoms with Crippen molar-refractivity contribution in [1.82, 2.24) is 5.32 Å². The highest BCUT2D eigenvalue weighted by Gasteiger charge is 2.17. The summed E-state index contributed by atoms with van der Waals surface area (Å²) >= 11 is 7.87. The zero-order valence-electron chi connectivity index (χ0n) is 9.68. The lowest BCUT2D eigenvalue weighted by Gasteiger charge is -2.12. The van der Waals surface area contributed by atoms with Gasteiger partial charge in [0.1, 0.15) is 0 Å². The molecule has 18 heavy (non-hydrogen) atoms. The van der Waals surface area contributed by atoms with Crippen LogP contribution in [0.1, 0.15) is 16.5 Å². The molecule has 2 aromatic rings. The Balaban J connectivity index is 0.00000120. The second kappa shape index (κ2) is 5.31. The van der Waals surface area contributed by atoms with E-state index in [2.05, 4.69) is 29.4 Å². The van der Waals surface area contributed by atoms with E-state index < -0.39 is 0 Å². The van der Waals surface area contributed by atoms with Crippen molar-refractivity contribution in [3.8, 4) is 0 Å². The molecule has 3 rings (SSSR count). The van der Waals surface area contributed by atoms with Gasteiger partial charge in [0.2, 0.25) is 0 Å². The summed E-state index contributed by atoms with van der Waals surface area (Å²) in [5.74, 6) is 0. The van der Waals surface area contributed by atoms with Gasteiger partial charge < -0.3 is 5.32 Å². The van der Waals surface area contributed by atoms with Crippen molar-refractivity contribution in [3.63, 3.8) is 0 Å². The third kappa shape index (κ3) is 2.26. The first-order chi connectivity index (χ1) is 8.25. The Morgan fingerprint density at radius 2 is 2.22 bits per heavy atom. The first kappa shape index (κ1) is 13.4. The molecule has 1 N–H and O–H groups in total. The number of nitrogens with zero attached hydrogens (tertiary/aromatic N) is 1. The largest absolute Gasteiger partial charge is 0.353 e. The first-order valence-electron chi connectivity index (χ1n) is 5.38. The summed E-state index contributed by atoms with van der Waals surface area (Å²) in [6, 6.07) is 6.14. The Morgan fingerprint density at radius 3 is 2.94 bits per heavy atom. The van der Waals surface area contributed by atoms with E-state index in [9.17, 15) is 0 Å². The molecule has 0 fully saturated rings. The van der Waals surface area contributed by atoms with E-state index in [-0.39, 0.29) is 18.4 Å². The van der Waals surface area contributed by atoms with Gasteiger partial charge in [-0.1, -0.05) is 11.6 Å². The summed E-state index contributed by atoms with van der Waals surface area (Å²) < 4.78 is 1.27. The van der Waals surface area contributed by atoms with E-state index >= 15 is 0 Å². The second-order valence-corrected chi connectivity index (χ2v) is 5.65. The summed E-state index contributed by atoms with van der Waals surface area (Å²) in [6.07, 6.45) is 5.72. The third-order valence-electron chi connectivity index (χ3n) is 2.85. The molecule has 0 aliphatic carbocycles. The molecule has 1 aliphatic rings. The fraction of sp³-hybridized carbons (Fsp3) is 0.154. The minimum atomic E-state index is 0. The van der Waals surface area contributed by atoms with Gasteiger partial charge in [0.05, 0.1) is 12.4 Å². The van der Waals surface area contributed by atoms with Crippen molar-refractivity contribution in [3.05, 3.63) is 45.9 Å². The predicted molar refractivity (Wildman–Crippen MR) is 82.3 cm³/mol. The van der Waals surface area contributed by atoms with Gasteiger partial charge >= 0.3 is 0 Å². The number of aliphatic imine (C=N–C) groups is 1. The van der Waals surface area contributed by atoms with E-state index in [0.717, 1.165) is 5.02 Å². The highest BCUT2D eigenvalue weighted by atomic mass is 35.5. The molecule has 0 spiro atoms. The normalized spacial score (nSPS) is 17.6. The fourth-order valence-electron chi connectivity index (χ4n) is 2.11. The van der Waals surface area contributed by atoms with Gasteiger partial charge in [0.15, 0.2) is 0 Å². The molecule has 0 saturated carbocycles. The molecule has 0 bridgehead atoms. The minimum absolute atomic E-state index is 0. The summed E-state index contributed by atoms with van der Waals surface area (Å²) in [5.41, 5.74) is 1.27. The van der Waals surface area contributed by atoms with E-state index in [1.165, 1.54) is 20.5 Å². The second-order valence-electron chi connectivity index (χ2n) is 3.96. The van der Waals surface area contributed by atoms with E-state index in [4.69, 9.17) is 11.6 Å². The number of hydrogen-bond acceptors (Lipinski definition) is 3. The molecule has 1 unspecified atom stereocenters. The molecule has 1 aromatic heterocycles. The maximum atomic E-state index is 6.07. The van der Waals surface area contributed by atoms with Gasteiger partial charge in [0, 0.05) is 26.4 Å². The molecule has 2 heterocycles. The topological polar surface area (TPSA) is 24.4 Å². The van der Waals surface area contributed by atoms with Gasteiger partial charge in [-0.15, -0.1) is 23.7 Å². The molecule has 1 aliphatic heterocycles. The average Bonchev–Trinajstić information content (AvgIpc) is 2.65. The van der Waals surface area contributed by atoms with Crippen LogP contribution in [0.2, 0.25) is 5.02 Å². The number of benzene rings is 1. The molecule has 0 radical (unpaired) electrons. The van der Waals surface area contributed by atoms with E-state index in [1.807, 2.05) is 18.3 Å². The van der Waals surface area contributed by atoms with Crippen molar-refractivity contribution in [2.45, 2.75) is 13.0 Å². The summed E-state index contributed by atoms with van der Waals surface area (Å²) in [7, 11) is 0. The Kier molecular flexibility index (Phi) is 3.95. The molecular formula is C13H12Cl2N2S. The standard InChI is InChI=1S/C13H11ClN2S.ClH/c1-8-13(11-4-5-15-7-16-11)10-6-9(14)2-3-12(10)17-8;/h2-7,11H,1H3,(H,15,16);1H. The predicted octanol–water partition coefficient (Wildman–Crippen LogP) is 4.47. The maximum Gasteiger partial charge on any atom is 0.0981 e. The van der Waals surface area contributed by atoms with Crippen LogP contribution in [0.3, 0.4) is 0 Å². The highest BCUT2D eigenvalue weighted by molar-refractivity contribution is 7.19. The molecule has 2 nitrogen and oxygen atoms in total. The van der Waals surface area contributed by atoms with Crippen LogP contribution in [0.15, 0.2) is 35.5 Å². The number of halogens is 2. The minimum Gasteiger partial charge on any atom is -0.353 e. The van der Waals surface area contributed by atoms with Crippen LogP contribution in [-0.2, 0) is 0 Å². The summed E-state index contributed by atoms with van der Waals surface area (Å²) in [5, 5.41) is 4.95. The number of thiophene rings is 1. The summed E-state index contributed by atoms with van der Waals surface area (Å²) in [6.45, 7) is 2.14. The zero-order chi connectivity index (χ0) is 11.8. The van der Waals surface area contributed by atoms with Gasteiger partial charge in [0.25, 0.3) is 0 Å². The van der Waals surface area contributed by atoms with Crippen molar-refractivity contribution in [2.24, 2.45) is 4.99 Å². The van der Waals surface area contributed by atoms with Crippen LogP contribution in [0.25, 0.3) is 10.1 Å². The molecule has 0 saturated heterocycles. The molecule has 94 valence electrons. The van der Waals surface area contributed by atoms with Crippen molar-refractivity contribution >= 4 is 51.8 Å². The maximum absolute atomic E-state index is 6.07. The van der Waals surface area contributed by atoms with Crippen LogP contribution < -0.4 is 5.32 Å². The van der Waals surface area contributed by atoms with Crippen LogP contribution >= 0.6 is 35.3 Å². The SMILES string of the molecule is Cc1sc2ccc(Cl)cc2c1C1C=CNC=N1.Cl. The smallest absolute Gasteiger partial charge is 0.0981 e. The monoisotopic (exact) mass is 298 g/mol. The quantitative estimate of drug-likeness (QED) is 0.825. The average molecular weight is 299 g/mol. The summed E-state index contributed by atoms with van der Waals surface area (Å²) in [4.78, 5) is 5.76. The lowest BCUT2D eigenvalue weighted by atomic mass is 10.0. The van der Waals surface area contributed by atoms with Crippen molar-refractivity contribution in [2.75, 3.05) is 0 Å². The van der Waals surface area contributed by atoms with E-state index in [0.29, 0.717) is 0 Å². The van der Waals surface area contributed by atoms with Crippen molar-refractivity contribution in [1.29, 1.82) is 0 Å². The Morgan fingerprint density at radius 1 is 1.39 bits per heavy atom. The van der Waals surface area contributed by atoms with Gasteiger partial charge in [-0.25, -0.2) is 0 Å². The van der Waals surface area contributed by atoms with Crippen LogP contribution in [0, 0.1) is 6.92 Å². The van der Waals surface area contributed by atoms with Crippen molar-refractivity contribution < 1.29 is 0 Å². The lowest BCUT2D eigenvalue weighted by molar-refractivity contribution is 0.890. The third-order valence-corrected chi connectivity index (χ3v) is 4.19. The van der Waals surface area contributed by atoms with E-state index in [1.54, 1.807) is 17.7 Å². The van der Waals surface area contributed by atoms with Crippen LogP contribution in [-0.4, -0.2) is 6.34 Å². The number of fused-ring (bicyclic) bond motifs is 1. The molecular weight excluding hydrogens is 287 g/mol. The van der Waals surface area contributed by atoms with Gasteiger partial charge in [-0.05, 0) is 36.6 Å². The van der Waals surface area contributed by atoms with Gasteiger partial charge in [-0.3, -0.25) is 4.99 Å². The first-order valence-corrected chi connectivity index (χ1v) is 6.58. The number of hydrogen-bond donors (Lipinski definition) is 1. The molecule has 1 aromatic carbocycles. The Bertz CT molecular complexity index is 619. The number of nitrogens with one attached hydrogen (secondary N) is 1. The fourth-order valence-corrected chi connectivity index (χ4v) is 3.37. The van der Waals surface area contributed by atoms with Crippen LogP contribution in [0.4, 0.5) is 0 Å². The Labute approximate surface area is 121 Å². The Hall–Kier alpha value is -1.03. The highest BCUT2D eigenvalue weighted by Crippen LogP contribution is 2.38. The molecule has 1 atom stereocenters. The number of rotatable bonds is 1. The molecule has 0 amide bonds. The van der Waals surface area contributed by atoms with Gasteiger partial charge in [-0.2, -0.15) is 0 Å². The molecule has 5 heteroatoms. The van der Waals surface area contributed by atoms with Crippen LogP contribution in [0.5, 0.6) is 0 Å². The zero-order valence-corrected chi connectivity index (χ0v) is 12.1.